The summed E-state index contributed by atoms with van der Waals surface area (Å²) in [5, 5.41) is 5.75. The summed E-state index contributed by atoms with van der Waals surface area (Å²) in [6.07, 6.45) is 4.15. The number of pyridine rings is 1. The highest BCUT2D eigenvalue weighted by atomic mass is 32.2. The predicted octanol–water partition coefficient (Wildman–Crippen LogP) is 4.01. The van der Waals surface area contributed by atoms with Crippen molar-refractivity contribution in [1.82, 2.24) is 19.7 Å². The number of hydrogen-bond acceptors (Lipinski definition) is 5. The highest BCUT2D eigenvalue weighted by molar-refractivity contribution is 7.98. The molecule has 0 spiro atoms. The van der Waals surface area contributed by atoms with E-state index >= 15 is 0 Å². The molecule has 3 aromatic rings. The number of ether oxygens (including phenoxy) is 1. The zero-order chi connectivity index (χ0) is 16.7. The zero-order valence-electron chi connectivity index (χ0n) is 14.1. The van der Waals surface area contributed by atoms with Crippen molar-refractivity contribution in [3.05, 3.63) is 41.5 Å². The van der Waals surface area contributed by atoms with Gasteiger partial charge in [-0.1, -0.05) is 6.07 Å². The maximum absolute atomic E-state index is 5.81. The SMILES string of the molecule is CSc1ccc2c(C)cc(-n3nc(C)nc3[C@H]3CCCO3)nc2c1. The molecule has 0 amide bonds. The summed E-state index contributed by atoms with van der Waals surface area (Å²) >= 11 is 1.72. The van der Waals surface area contributed by atoms with E-state index in [2.05, 4.69) is 47.5 Å². The van der Waals surface area contributed by atoms with Crippen LogP contribution in [0.4, 0.5) is 0 Å². The van der Waals surface area contributed by atoms with E-state index in [4.69, 9.17) is 9.72 Å². The van der Waals surface area contributed by atoms with Gasteiger partial charge in [-0.15, -0.1) is 16.9 Å². The molecule has 24 heavy (non-hydrogen) atoms. The summed E-state index contributed by atoms with van der Waals surface area (Å²) in [7, 11) is 0. The van der Waals surface area contributed by atoms with Gasteiger partial charge < -0.3 is 4.74 Å². The first-order valence-corrected chi connectivity index (χ1v) is 9.39. The largest absolute Gasteiger partial charge is 0.370 e. The molecule has 0 bridgehead atoms. The Bertz CT molecular complexity index is 899. The number of aryl methyl sites for hydroxylation is 2. The molecule has 1 saturated heterocycles. The van der Waals surface area contributed by atoms with E-state index in [1.165, 1.54) is 15.8 Å². The van der Waals surface area contributed by atoms with Gasteiger partial charge in [0.05, 0.1) is 5.52 Å². The summed E-state index contributed by atoms with van der Waals surface area (Å²) in [5.74, 6) is 2.42. The molecule has 0 unspecified atom stereocenters. The van der Waals surface area contributed by atoms with E-state index in [1.54, 1.807) is 11.8 Å². The first kappa shape index (κ1) is 15.6. The average molecular weight is 340 g/mol. The third kappa shape index (κ3) is 2.70. The van der Waals surface area contributed by atoms with E-state index in [-0.39, 0.29) is 6.10 Å². The van der Waals surface area contributed by atoms with Gasteiger partial charge in [-0.05, 0) is 56.7 Å². The summed E-state index contributed by atoms with van der Waals surface area (Å²) in [6, 6.07) is 8.49. The second-order valence-electron chi connectivity index (χ2n) is 6.11. The second-order valence-corrected chi connectivity index (χ2v) is 6.99. The smallest absolute Gasteiger partial charge is 0.163 e. The number of aromatic nitrogens is 4. The number of benzene rings is 1. The van der Waals surface area contributed by atoms with Crippen molar-refractivity contribution in [3.63, 3.8) is 0 Å². The van der Waals surface area contributed by atoms with Gasteiger partial charge in [0.25, 0.3) is 0 Å². The molecule has 4 rings (SSSR count). The van der Waals surface area contributed by atoms with Crippen molar-refractivity contribution in [2.75, 3.05) is 12.9 Å². The molecule has 0 radical (unpaired) electrons. The lowest BCUT2D eigenvalue weighted by Gasteiger charge is -2.12. The van der Waals surface area contributed by atoms with Crippen LogP contribution in [-0.2, 0) is 4.74 Å². The normalized spacial score (nSPS) is 17.7. The Morgan fingerprint density at radius 2 is 2.08 bits per heavy atom. The average Bonchev–Trinajstić information content (AvgIpc) is 3.23. The van der Waals surface area contributed by atoms with Crippen molar-refractivity contribution in [2.24, 2.45) is 0 Å². The van der Waals surface area contributed by atoms with Gasteiger partial charge in [0, 0.05) is 16.9 Å². The number of thioether (sulfide) groups is 1. The van der Waals surface area contributed by atoms with Crippen LogP contribution in [0, 0.1) is 13.8 Å². The number of nitrogens with zero attached hydrogens (tertiary/aromatic N) is 4. The van der Waals surface area contributed by atoms with E-state index in [1.807, 2.05) is 11.6 Å². The fourth-order valence-electron chi connectivity index (χ4n) is 3.19. The Morgan fingerprint density at radius 1 is 1.21 bits per heavy atom. The van der Waals surface area contributed by atoms with Crippen LogP contribution in [0.1, 0.15) is 36.2 Å². The van der Waals surface area contributed by atoms with Gasteiger partial charge in [-0.25, -0.2) is 9.97 Å². The van der Waals surface area contributed by atoms with Crippen LogP contribution in [0.2, 0.25) is 0 Å². The fraction of sp³-hybridized carbons (Fsp3) is 0.389. The van der Waals surface area contributed by atoms with Gasteiger partial charge in [0.15, 0.2) is 11.6 Å². The molecule has 5 nitrogen and oxygen atoms in total. The Morgan fingerprint density at radius 3 is 2.83 bits per heavy atom. The molecule has 1 aromatic carbocycles. The quantitative estimate of drug-likeness (QED) is 0.674. The molecule has 0 N–H and O–H groups in total. The van der Waals surface area contributed by atoms with Gasteiger partial charge in [0.2, 0.25) is 0 Å². The van der Waals surface area contributed by atoms with Gasteiger partial charge >= 0.3 is 0 Å². The number of hydrogen-bond donors (Lipinski definition) is 0. The summed E-state index contributed by atoms with van der Waals surface area (Å²) in [4.78, 5) is 10.7. The lowest BCUT2D eigenvalue weighted by atomic mass is 10.1. The predicted molar refractivity (Wildman–Crippen MR) is 95.8 cm³/mol. The fourth-order valence-corrected chi connectivity index (χ4v) is 3.62. The third-order valence-electron chi connectivity index (χ3n) is 4.38. The van der Waals surface area contributed by atoms with Crippen molar-refractivity contribution in [2.45, 2.75) is 37.7 Å². The molecule has 0 saturated carbocycles. The standard InChI is InChI=1S/C18H20N4OS/c1-11-9-17(20-15-10-13(24-3)6-7-14(11)15)22-18(19-12(2)21-22)16-5-4-8-23-16/h6-7,9-10,16H,4-5,8H2,1-3H3/t16-/m1/s1. The molecule has 0 aliphatic carbocycles. The van der Waals surface area contributed by atoms with Crippen LogP contribution >= 0.6 is 11.8 Å². The Hall–Kier alpha value is -1.92. The molecule has 2 aromatic heterocycles. The lowest BCUT2D eigenvalue weighted by molar-refractivity contribution is 0.103. The van der Waals surface area contributed by atoms with E-state index in [9.17, 15) is 0 Å². The minimum atomic E-state index is 0.0153. The van der Waals surface area contributed by atoms with Crippen molar-refractivity contribution < 1.29 is 4.74 Å². The van der Waals surface area contributed by atoms with Crippen molar-refractivity contribution in [1.29, 1.82) is 0 Å². The van der Waals surface area contributed by atoms with Crippen molar-refractivity contribution in [3.8, 4) is 5.82 Å². The Labute approximate surface area is 145 Å². The molecule has 1 aliphatic heterocycles. The Kier molecular flexibility index (Phi) is 4.02. The monoisotopic (exact) mass is 340 g/mol. The summed E-state index contributed by atoms with van der Waals surface area (Å²) < 4.78 is 7.66. The maximum atomic E-state index is 5.81. The number of rotatable bonds is 3. The van der Waals surface area contributed by atoms with Gasteiger partial charge in [0.1, 0.15) is 11.9 Å². The van der Waals surface area contributed by atoms with E-state index < -0.39 is 0 Å². The minimum absolute atomic E-state index is 0.0153. The summed E-state index contributed by atoms with van der Waals surface area (Å²) in [6.45, 7) is 4.81. The first-order chi connectivity index (χ1) is 11.7. The minimum Gasteiger partial charge on any atom is -0.370 e. The van der Waals surface area contributed by atoms with Crippen LogP contribution in [0.25, 0.3) is 16.7 Å². The molecule has 1 aliphatic rings. The highest BCUT2D eigenvalue weighted by Crippen LogP contribution is 2.30. The van der Waals surface area contributed by atoms with Gasteiger partial charge in [-0.3, -0.25) is 0 Å². The van der Waals surface area contributed by atoms with Crippen LogP contribution < -0.4 is 0 Å². The first-order valence-electron chi connectivity index (χ1n) is 8.16. The zero-order valence-corrected chi connectivity index (χ0v) is 14.9. The topological polar surface area (TPSA) is 52.8 Å². The van der Waals surface area contributed by atoms with Gasteiger partial charge in [-0.2, -0.15) is 4.68 Å². The Balaban J connectivity index is 1.87. The molecule has 1 fully saturated rings. The molecular weight excluding hydrogens is 320 g/mol. The van der Waals surface area contributed by atoms with Crippen LogP contribution in [-0.4, -0.2) is 32.6 Å². The summed E-state index contributed by atoms with van der Waals surface area (Å²) in [5.41, 5.74) is 2.18. The lowest BCUT2D eigenvalue weighted by Crippen LogP contribution is -2.10. The molecular formula is C18H20N4OS. The van der Waals surface area contributed by atoms with E-state index in [0.717, 1.165) is 42.4 Å². The number of fused-ring (bicyclic) bond motifs is 1. The van der Waals surface area contributed by atoms with Crippen molar-refractivity contribution >= 4 is 22.7 Å². The van der Waals surface area contributed by atoms with Crippen LogP contribution in [0.3, 0.4) is 0 Å². The molecule has 1 atom stereocenters. The maximum Gasteiger partial charge on any atom is 0.163 e. The van der Waals surface area contributed by atoms with Crippen LogP contribution in [0.5, 0.6) is 0 Å². The molecule has 124 valence electrons. The third-order valence-corrected chi connectivity index (χ3v) is 5.11. The van der Waals surface area contributed by atoms with E-state index in [0.29, 0.717) is 0 Å². The second kappa shape index (κ2) is 6.18. The molecule has 6 heteroatoms. The highest BCUT2D eigenvalue weighted by Gasteiger charge is 2.25. The molecule has 3 heterocycles. The van der Waals surface area contributed by atoms with Crippen LogP contribution in [0.15, 0.2) is 29.2 Å².